The Morgan fingerprint density at radius 2 is 1.54 bits per heavy atom. The monoisotopic (exact) mass is 628 g/mol. The lowest BCUT2D eigenvalue weighted by Gasteiger charge is -2.34. The molecule has 4 rings (SSSR count). The molecule has 0 radical (unpaired) electrons. The molecule has 0 bridgehead atoms. The number of carbonyl (C=O) groups is 5. The molecule has 46 heavy (non-hydrogen) atoms. The van der Waals surface area contributed by atoms with Crippen molar-refractivity contribution >= 4 is 41.4 Å². The molecule has 1 aliphatic rings. The minimum atomic E-state index is -1.25. The van der Waals surface area contributed by atoms with Gasteiger partial charge in [-0.3, -0.25) is 24.2 Å². The first-order valence-electron chi connectivity index (χ1n) is 14.5. The van der Waals surface area contributed by atoms with Crippen molar-refractivity contribution in [3.63, 3.8) is 0 Å². The van der Waals surface area contributed by atoms with Crippen LogP contribution in [0.5, 0.6) is 0 Å². The van der Waals surface area contributed by atoms with Gasteiger partial charge in [0.2, 0.25) is 11.8 Å². The van der Waals surface area contributed by atoms with Gasteiger partial charge in [0.05, 0.1) is 5.92 Å². The Bertz CT molecular complexity index is 1640. The normalized spacial score (nSPS) is 13.9. The number of amides is 5. The molecule has 14 nitrogen and oxygen atoms in total. The fourth-order valence-corrected chi connectivity index (χ4v) is 5.30. The molecule has 2 atom stereocenters. The Balaban J connectivity index is 1.81. The van der Waals surface area contributed by atoms with Gasteiger partial charge in [-0.2, -0.15) is 0 Å². The predicted octanol–water partition coefficient (Wildman–Crippen LogP) is 1.20. The summed E-state index contributed by atoms with van der Waals surface area (Å²) in [5.74, 6) is -3.90. The lowest BCUT2D eigenvalue weighted by Crippen LogP contribution is -2.51. The zero-order valence-corrected chi connectivity index (χ0v) is 24.9. The van der Waals surface area contributed by atoms with E-state index in [1.54, 1.807) is 72.8 Å². The van der Waals surface area contributed by atoms with Gasteiger partial charge >= 0.3 is 12.0 Å². The lowest BCUT2D eigenvalue weighted by molar-refractivity contribution is -0.143. The van der Waals surface area contributed by atoms with E-state index in [2.05, 4.69) is 20.9 Å². The predicted molar refractivity (Wildman–Crippen MR) is 170 cm³/mol. The molecule has 240 valence electrons. The molecule has 0 saturated heterocycles. The number of hydrogen-bond donors (Lipinski definition) is 7. The lowest BCUT2D eigenvalue weighted by atomic mass is 9.86. The van der Waals surface area contributed by atoms with E-state index < -0.39 is 42.3 Å². The highest BCUT2D eigenvalue weighted by molar-refractivity contribution is 6.09. The highest BCUT2D eigenvalue weighted by Gasteiger charge is 2.39. The van der Waals surface area contributed by atoms with Crippen molar-refractivity contribution in [1.29, 1.82) is 0 Å². The molecular weight excluding hydrogens is 592 g/mol. The van der Waals surface area contributed by atoms with Crippen molar-refractivity contribution in [3.8, 4) is 0 Å². The average Bonchev–Trinajstić information content (AvgIpc) is 3.15. The second-order valence-corrected chi connectivity index (χ2v) is 10.6. The number of benzene rings is 3. The van der Waals surface area contributed by atoms with Crippen LogP contribution in [0, 0.1) is 0 Å². The summed E-state index contributed by atoms with van der Waals surface area (Å²) in [6.07, 6.45) is 0.393. The molecule has 14 heteroatoms. The SMILES string of the molecule is NC(=O)NCc1ccc(CN(C(=O)C2c3ccccc3NC(=O)c3ccccc32)[C@H](CCCN=C(N)N)C(=O)NCC(=O)O)cc1. The van der Waals surface area contributed by atoms with Gasteiger partial charge in [0.25, 0.3) is 5.91 Å². The van der Waals surface area contributed by atoms with E-state index in [-0.39, 0.29) is 37.9 Å². The number of carboxylic acid groups (broad SMARTS) is 1. The maximum atomic E-state index is 14.9. The summed E-state index contributed by atoms with van der Waals surface area (Å²) in [6, 6.07) is 18.9. The van der Waals surface area contributed by atoms with Crippen LogP contribution < -0.4 is 33.2 Å². The van der Waals surface area contributed by atoms with Crippen molar-refractivity contribution < 1.29 is 29.1 Å². The number of primary amides is 1. The number of nitrogens with two attached hydrogens (primary N) is 3. The van der Waals surface area contributed by atoms with Crippen LogP contribution in [0.15, 0.2) is 77.8 Å². The van der Waals surface area contributed by atoms with Gasteiger partial charge in [0, 0.05) is 30.9 Å². The maximum absolute atomic E-state index is 14.9. The van der Waals surface area contributed by atoms with Gasteiger partial charge < -0.3 is 43.2 Å². The van der Waals surface area contributed by atoms with E-state index in [0.29, 0.717) is 34.4 Å². The van der Waals surface area contributed by atoms with Crippen LogP contribution in [0.25, 0.3) is 0 Å². The molecule has 10 N–H and O–H groups in total. The molecule has 5 amide bonds. The van der Waals surface area contributed by atoms with Gasteiger partial charge in [0.1, 0.15) is 12.6 Å². The standard InChI is InChI=1S/C32H36N8O6/c33-31(34)36-15-5-10-25(29(44)37-17-26(41)42)40(18-20-13-11-19(12-14-20)16-38-32(35)46)30(45)27-21-6-1-2-7-22(21)28(43)39-24-9-4-3-8-23(24)27/h1-4,6-9,11-14,25,27H,5,10,15-18H2,(H,37,44)(H,39,43)(H,41,42)(H4,33,34,36)(H3,35,38,46)/t25-,27?/m1/s1. The first-order chi connectivity index (χ1) is 22.0. The van der Waals surface area contributed by atoms with E-state index in [1.165, 1.54) is 4.90 Å². The summed E-state index contributed by atoms with van der Waals surface area (Å²) < 4.78 is 0. The Morgan fingerprint density at radius 1 is 0.891 bits per heavy atom. The third-order valence-electron chi connectivity index (χ3n) is 7.43. The Labute approximate surface area is 265 Å². The van der Waals surface area contributed by atoms with E-state index in [9.17, 15) is 29.1 Å². The van der Waals surface area contributed by atoms with E-state index in [1.807, 2.05) is 0 Å². The van der Waals surface area contributed by atoms with Crippen LogP contribution >= 0.6 is 0 Å². The van der Waals surface area contributed by atoms with Crippen LogP contribution in [-0.4, -0.2) is 64.8 Å². The van der Waals surface area contributed by atoms with Gasteiger partial charge in [-0.25, -0.2) is 4.79 Å². The van der Waals surface area contributed by atoms with Gasteiger partial charge in [0.15, 0.2) is 5.96 Å². The number of carbonyl (C=O) groups excluding carboxylic acids is 4. The van der Waals surface area contributed by atoms with Crippen molar-refractivity contribution in [2.75, 3.05) is 18.4 Å². The molecule has 0 spiro atoms. The van der Waals surface area contributed by atoms with Crippen LogP contribution in [-0.2, 0) is 27.5 Å². The molecular formula is C32H36N8O6. The Morgan fingerprint density at radius 3 is 2.22 bits per heavy atom. The number of anilines is 1. The zero-order chi connectivity index (χ0) is 33.2. The number of urea groups is 1. The van der Waals surface area contributed by atoms with E-state index >= 15 is 0 Å². The minimum Gasteiger partial charge on any atom is -0.480 e. The van der Waals surface area contributed by atoms with Crippen LogP contribution in [0.4, 0.5) is 10.5 Å². The third kappa shape index (κ3) is 8.37. The fourth-order valence-electron chi connectivity index (χ4n) is 5.30. The number of fused-ring (bicyclic) bond motifs is 2. The Hall–Kier alpha value is -5.92. The van der Waals surface area contributed by atoms with E-state index in [4.69, 9.17) is 17.2 Å². The number of nitrogens with one attached hydrogen (secondary N) is 3. The van der Waals surface area contributed by atoms with Crippen molar-refractivity contribution in [2.24, 2.45) is 22.2 Å². The molecule has 0 aliphatic carbocycles. The number of carboxylic acids is 1. The third-order valence-corrected chi connectivity index (χ3v) is 7.43. The topological polar surface area (TPSA) is 235 Å². The summed E-state index contributed by atoms with van der Waals surface area (Å²) in [4.78, 5) is 69.7. The van der Waals surface area contributed by atoms with Crippen LogP contribution in [0.1, 0.15) is 51.4 Å². The van der Waals surface area contributed by atoms with Crippen LogP contribution in [0.3, 0.4) is 0 Å². The number of aliphatic imine (C=N–C) groups is 1. The molecule has 3 aromatic carbocycles. The highest BCUT2D eigenvalue weighted by Crippen LogP contribution is 2.38. The highest BCUT2D eigenvalue weighted by atomic mass is 16.4. The summed E-state index contributed by atoms with van der Waals surface area (Å²) in [6.45, 7) is -0.333. The quantitative estimate of drug-likeness (QED) is 0.0823. The molecule has 0 saturated carbocycles. The van der Waals surface area contributed by atoms with Crippen molar-refractivity contribution in [2.45, 2.75) is 37.9 Å². The number of hydrogen-bond acceptors (Lipinski definition) is 6. The molecule has 0 aromatic heterocycles. The first kappa shape index (κ1) is 33.0. The summed E-state index contributed by atoms with van der Waals surface area (Å²) >= 11 is 0. The number of aliphatic carboxylic acids is 1. The zero-order valence-electron chi connectivity index (χ0n) is 24.9. The molecule has 1 unspecified atom stereocenters. The second-order valence-electron chi connectivity index (χ2n) is 10.6. The average molecular weight is 629 g/mol. The van der Waals surface area contributed by atoms with Crippen molar-refractivity contribution in [1.82, 2.24) is 15.5 Å². The first-order valence-corrected chi connectivity index (χ1v) is 14.5. The van der Waals surface area contributed by atoms with Gasteiger partial charge in [-0.1, -0.05) is 60.7 Å². The molecule has 0 fully saturated rings. The smallest absolute Gasteiger partial charge is 0.322 e. The number of rotatable bonds is 13. The molecule has 1 heterocycles. The summed E-state index contributed by atoms with van der Waals surface area (Å²) in [7, 11) is 0. The summed E-state index contributed by atoms with van der Waals surface area (Å²) in [5, 5.41) is 17.1. The van der Waals surface area contributed by atoms with Gasteiger partial charge in [-0.15, -0.1) is 0 Å². The minimum absolute atomic E-state index is 0.0436. The number of guanidine groups is 1. The molecule has 1 aliphatic heterocycles. The van der Waals surface area contributed by atoms with Crippen molar-refractivity contribution in [3.05, 3.63) is 101 Å². The number of nitrogens with zero attached hydrogens (tertiary/aromatic N) is 2. The summed E-state index contributed by atoms with van der Waals surface area (Å²) in [5.41, 5.74) is 19.3. The molecule has 3 aromatic rings. The van der Waals surface area contributed by atoms with Crippen LogP contribution in [0.2, 0.25) is 0 Å². The largest absolute Gasteiger partial charge is 0.480 e. The second kappa shape index (κ2) is 15.2. The fraction of sp³-hybridized carbons (Fsp3) is 0.250. The van der Waals surface area contributed by atoms with E-state index in [0.717, 1.165) is 5.56 Å². The van der Waals surface area contributed by atoms with Gasteiger partial charge in [-0.05, 0) is 47.2 Å². The maximum Gasteiger partial charge on any atom is 0.322 e. The Kier molecular flexibility index (Phi) is 10.9. The number of para-hydroxylation sites is 1.